The summed E-state index contributed by atoms with van der Waals surface area (Å²) in [6.45, 7) is 4.92. The van der Waals surface area contributed by atoms with E-state index in [1.807, 2.05) is 18.2 Å². The molecule has 0 amide bonds. The molecular formula is C11H14N4S. The molecule has 2 heterocycles. The van der Waals surface area contributed by atoms with Crippen LogP contribution in [0.25, 0.3) is 0 Å². The van der Waals surface area contributed by atoms with Crippen LogP contribution in [0.2, 0.25) is 0 Å². The van der Waals surface area contributed by atoms with E-state index in [0.717, 1.165) is 15.8 Å². The second kappa shape index (κ2) is 5.03. The average Bonchev–Trinajstić information content (AvgIpc) is 2.76. The molecule has 0 saturated carbocycles. The highest BCUT2D eigenvalue weighted by atomic mass is 32.1. The number of hydrogen-bond acceptors (Lipinski definition) is 5. The molecule has 0 bridgehead atoms. The molecule has 84 valence electrons. The van der Waals surface area contributed by atoms with Crippen LogP contribution >= 0.6 is 11.3 Å². The molecular weight excluding hydrogens is 220 g/mol. The first-order valence-electron chi connectivity index (χ1n) is 5.23. The van der Waals surface area contributed by atoms with E-state index in [1.165, 1.54) is 0 Å². The topological polar surface area (TPSA) is 50.7 Å². The van der Waals surface area contributed by atoms with Crippen LogP contribution in [0.3, 0.4) is 0 Å². The van der Waals surface area contributed by atoms with Crippen LogP contribution in [-0.2, 0) is 6.54 Å². The molecule has 0 aliphatic heterocycles. The highest BCUT2D eigenvalue weighted by molar-refractivity contribution is 7.15. The fraction of sp³-hybridized carbons (Fsp3) is 0.364. The van der Waals surface area contributed by atoms with Gasteiger partial charge in [-0.3, -0.25) is 4.98 Å². The van der Waals surface area contributed by atoms with E-state index in [2.05, 4.69) is 34.3 Å². The second-order valence-corrected chi connectivity index (χ2v) is 4.78. The van der Waals surface area contributed by atoms with Crippen molar-refractivity contribution in [2.75, 3.05) is 5.32 Å². The molecule has 5 heteroatoms. The minimum absolute atomic E-state index is 0.433. The molecule has 2 aromatic rings. The normalized spacial score (nSPS) is 10.7. The molecule has 0 aliphatic carbocycles. The zero-order valence-corrected chi connectivity index (χ0v) is 10.2. The lowest BCUT2D eigenvalue weighted by Crippen LogP contribution is -2.00. The summed E-state index contributed by atoms with van der Waals surface area (Å²) in [4.78, 5) is 4.23. The third-order valence-electron chi connectivity index (χ3n) is 2.08. The van der Waals surface area contributed by atoms with Gasteiger partial charge in [-0.1, -0.05) is 31.3 Å². The van der Waals surface area contributed by atoms with E-state index in [9.17, 15) is 0 Å². The van der Waals surface area contributed by atoms with Gasteiger partial charge in [0.05, 0.1) is 12.2 Å². The number of nitrogens with zero attached hydrogens (tertiary/aromatic N) is 3. The molecule has 0 unspecified atom stereocenters. The fourth-order valence-electron chi connectivity index (χ4n) is 1.21. The van der Waals surface area contributed by atoms with Gasteiger partial charge in [0.1, 0.15) is 5.01 Å². The molecule has 0 saturated heterocycles. The third-order valence-corrected chi connectivity index (χ3v) is 3.26. The van der Waals surface area contributed by atoms with Gasteiger partial charge < -0.3 is 5.32 Å². The van der Waals surface area contributed by atoms with E-state index in [4.69, 9.17) is 0 Å². The molecule has 16 heavy (non-hydrogen) atoms. The van der Waals surface area contributed by atoms with Gasteiger partial charge in [-0.05, 0) is 12.1 Å². The van der Waals surface area contributed by atoms with E-state index >= 15 is 0 Å². The van der Waals surface area contributed by atoms with Crippen LogP contribution in [0.4, 0.5) is 5.13 Å². The van der Waals surface area contributed by atoms with Crippen molar-refractivity contribution in [3.8, 4) is 0 Å². The maximum atomic E-state index is 4.23. The summed E-state index contributed by atoms with van der Waals surface area (Å²) in [5.74, 6) is 0.433. The Labute approximate surface area is 98.8 Å². The minimum atomic E-state index is 0.433. The zero-order chi connectivity index (χ0) is 11.4. The van der Waals surface area contributed by atoms with Crippen LogP contribution in [0, 0.1) is 0 Å². The lowest BCUT2D eigenvalue weighted by molar-refractivity contribution is 0.824. The summed E-state index contributed by atoms with van der Waals surface area (Å²) >= 11 is 1.60. The van der Waals surface area contributed by atoms with Gasteiger partial charge in [0, 0.05) is 12.1 Å². The summed E-state index contributed by atoms with van der Waals surface area (Å²) in [6.07, 6.45) is 1.79. The number of rotatable bonds is 4. The minimum Gasteiger partial charge on any atom is -0.354 e. The Hall–Kier alpha value is -1.49. The maximum Gasteiger partial charge on any atom is 0.206 e. The standard InChI is InChI=1S/C11H14N4S/c1-8(2)10-14-15-11(16-10)13-7-9-5-3-4-6-12-9/h3-6,8H,7H2,1-2H3,(H,13,15). The van der Waals surface area contributed by atoms with Gasteiger partial charge in [-0.2, -0.15) is 0 Å². The van der Waals surface area contributed by atoms with Crippen molar-refractivity contribution in [1.29, 1.82) is 0 Å². The van der Waals surface area contributed by atoms with Crippen LogP contribution < -0.4 is 5.32 Å². The Bertz CT molecular complexity index is 438. The molecule has 0 atom stereocenters. The van der Waals surface area contributed by atoms with Crippen molar-refractivity contribution in [3.63, 3.8) is 0 Å². The summed E-state index contributed by atoms with van der Waals surface area (Å²) < 4.78 is 0. The number of anilines is 1. The van der Waals surface area contributed by atoms with Gasteiger partial charge in [-0.15, -0.1) is 10.2 Å². The van der Waals surface area contributed by atoms with Crippen molar-refractivity contribution >= 4 is 16.5 Å². The Kier molecular flexibility index (Phi) is 3.46. The SMILES string of the molecule is CC(C)c1nnc(NCc2ccccn2)s1. The van der Waals surface area contributed by atoms with Crippen LogP contribution in [0.1, 0.15) is 30.5 Å². The quantitative estimate of drug-likeness (QED) is 0.883. The molecule has 0 aliphatic rings. The Balaban J connectivity index is 1.95. The Morgan fingerprint density at radius 3 is 2.81 bits per heavy atom. The monoisotopic (exact) mass is 234 g/mol. The highest BCUT2D eigenvalue weighted by Gasteiger charge is 2.06. The van der Waals surface area contributed by atoms with Crippen molar-refractivity contribution < 1.29 is 0 Å². The lowest BCUT2D eigenvalue weighted by atomic mass is 10.2. The molecule has 0 aromatic carbocycles. The van der Waals surface area contributed by atoms with Gasteiger partial charge >= 0.3 is 0 Å². The largest absolute Gasteiger partial charge is 0.354 e. The predicted octanol–water partition coefficient (Wildman–Crippen LogP) is 2.67. The summed E-state index contributed by atoms with van der Waals surface area (Å²) in [7, 11) is 0. The van der Waals surface area contributed by atoms with Crippen molar-refractivity contribution in [1.82, 2.24) is 15.2 Å². The lowest BCUT2D eigenvalue weighted by Gasteiger charge is -2.00. The van der Waals surface area contributed by atoms with Crippen molar-refractivity contribution in [2.24, 2.45) is 0 Å². The molecule has 2 aromatic heterocycles. The fourth-order valence-corrected chi connectivity index (χ4v) is 1.95. The van der Waals surface area contributed by atoms with Gasteiger partial charge in [0.15, 0.2) is 0 Å². The average molecular weight is 234 g/mol. The van der Waals surface area contributed by atoms with E-state index in [0.29, 0.717) is 12.5 Å². The highest BCUT2D eigenvalue weighted by Crippen LogP contribution is 2.22. The van der Waals surface area contributed by atoms with Crippen LogP contribution in [0.5, 0.6) is 0 Å². The van der Waals surface area contributed by atoms with Crippen LogP contribution in [0.15, 0.2) is 24.4 Å². The summed E-state index contributed by atoms with van der Waals surface area (Å²) in [6, 6.07) is 5.87. The smallest absolute Gasteiger partial charge is 0.206 e. The first kappa shape index (κ1) is 11.0. The predicted molar refractivity (Wildman–Crippen MR) is 65.6 cm³/mol. The van der Waals surface area contributed by atoms with E-state index < -0.39 is 0 Å². The van der Waals surface area contributed by atoms with Crippen molar-refractivity contribution in [2.45, 2.75) is 26.3 Å². The summed E-state index contributed by atoms with van der Waals surface area (Å²) in [5.41, 5.74) is 1.00. The van der Waals surface area contributed by atoms with Crippen LogP contribution in [-0.4, -0.2) is 15.2 Å². The van der Waals surface area contributed by atoms with Crippen molar-refractivity contribution in [3.05, 3.63) is 35.1 Å². The van der Waals surface area contributed by atoms with E-state index in [-0.39, 0.29) is 0 Å². The third kappa shape index (κ3) is 2.76. The van der Waals surface area contributed by atoms with Gasteiger partial charge in [0.25, 0.3) is 0 Å². The second-order valence-electron chi connectivity index (χ2n) is 3.77. The zero-order valence-electron chi connectivity index (χ0n) is 9.34. The number of aromatic nitrogens is 3. The first-order valence-corrected chi connectivity index (χ1v) is 6.04. The van der Waals surface area contributed by atoms with E-state index in [1.54, 1.807) is 17.5 Å². The molecule has 1 N–H and O–H groups in total. The number of hydrogen-bond donors (Lipinski definition) is 1. The number of nitrogens with one attached hydrogen (secondary N) is 1. The summed E-state index contributed by atoms with van der Waals surface area (Å²) in [5, 5.41) is 13.3. The Morgan fingerprint density at radius 1 is 1.31 bits per heavy atom. The maximum absolute atomic E-state index is 4.23. The molecule has 0 fully saturated rings. The molecule has 4 nitrogen and oxygen atoms in total. The van der Waals surface area contributed by atoms with Gasteiger partial charge in [-0.25, -0.2) is 0 Å². The first-order chi connectivity index (χ1) is 7.75. The number of pyridine rings is 1. The molecule has 0 radical (unpaired) electrons. The molecule has 0 spiro atoms. The van der Waals surface area contributed by atoms with Gasteiger partial charge in [0.2, 0.25) is 5.13 Å². The Morgan fingerprint density at radius 2 is 2.19 bits per heavy atom. The molecule has 2 rings (SSSR count).